The van der Waals surface area contributed by atoms with E-state index in [1.165, 1.54) is 12.7 Å². The van der Waals surface area contributed by atoms with Crippen LogP contribution < -0.4 is 11.1 Å². The summed E-state index contributed by atoms with van der Waals surface area (Å²) in [6.07, 6.45) is 6.94. The van der Waals surface area contributed by atoms with Crippen LogP contribution in [0.5, 0.6) is 0 Å². The quantitative estimate of drug-likeness (QED) is 0.799. The van der Waals surface area contributed by atoms with Crippen LogP contribution in [0.1, 0.15) is 52.4 Å². The third-order valence-electron chi connectivity index (χ3n) is 5.34. The van der Waals surface area contributed by atoms with Gasteiger partial charge >= 0.3 is 0 Å². The highest BCUT2D eigenvalue weighted by Crippen LogP contribution is 2.42. The van der Waals surface area contributed by atoms with Gasteiger partial charge in [0.25, 0.3) is 0 Å². The molecule has 0 saturated heterocycles. The lowest BCUT2D eigenvalue weighted by molar-refractivity contribution is -0.129. The third-order valence-corrected chi connectivity index (χ3v) is 6.29. The molecule has 0 heterocycles. The molecular formula is C16H30N2O3S. The molecule has 2 atom stereocenters. The first-order valence-corrected chi connectivity index (χ1v) is 10.4. The Labute approximate surface area is 134 Å². The van der Waals surface area contributed by atoms with E-state index in [1.54, 1.807) is 0 Å². The summed E-state index contributed by atoms with van der Waals surface area (Å²) in [6.45, 7) is 3.79. The number of amides is 1. The Morgan fingerprint density at radius 3 is 2.27 bits per heavy atom. The number of rotatable bonds is 5. The van der Waals surface area contributed by atoms with Crippen LogP contribution >= 0.6 is 0 Å². The van der Waals surface area contributed by atoms with Crippen molar-refractivity contribution in [2.45, 2.75) is 64.0 Å². The molecule has 2 rings (SSSR count). The number of hydrogen-bond acceptors (Lipinski definition) is 4. The lowest BCUT2D eigenvalue weighted by Crippen LogP contribution is -2.52. The van der Waals surface area contributed by atoms with Gasteiger partial charge in [0.1, 0.15) is 9.84 Å². The highest BCUT2D eigenvalue weighted by Gasteiger charge is 2.41. The number of fused-ring (bicyclic) bond motifs is 2. The van der Waals surface area contributed by atoms with Gasteiger partial charge in [-0.15, -0.1) is 0 Å². The van der Waals surface area contributed by atoms with Crippen molar-refractivity contribution in [1.82, 2.24) is 5.32 Å². The predicted octanol–water partition coefficient (Wildman–Crippen LogP) is 1.47. The van der Waals surface area contributed by atoms with Crippen LogP contribution in [0.3, 0.4) is 0 Å². The SMILES string of the molecule is CC(C)(CCS(C)(=O)=O)NC(=O)C1CC2CCCC(C1)C2N. The monoisotopic (exact) mass is 330 g/mol. The van der Waals surface area contributed by atoms with E-state index in [-0.39, 0.29) is 23.6 Å². The third kappa shape index (κ3) is 4.69. The first-order valence-electron chi connectivity index (χ1n) is 8.33. The Morgan fingerprint density at radius 2 is 1.77 bits per heavy atom. The molecular weight excluding hydrogens is 300 g/mol. The Hall–Kier alpha value is -0.620. The Morgan fingerprint density at radius 1 is 1.23 bits per heavy atom. The lowest BCUT2D eigenvalue weighted by Gasteiger charge is -2.44. The predicted molar refractivity (Wildman–Crippen MR) is 88.1 cm³/mol. The van der Waals surface area contributed by atoms with E-state index in [4.69, 9.17) is 5.73 Å². The van der Waals surface area contributed by atoms with Gasteiger partial charge in [0, 0.05) is 23.8 Å². The van der Waals surface area contributed by atoms with E-state index in [0.717, 1.165) is 25.7 Å². The number of nitrogens with two attached hydrogens (primary N) is 1. The number of hydrogen-bond donors (Lipinski definition) is 2. The molecule has 0 radical (unpaired) electrons. The molecule has 6 heteroatoms. The number of nitrogens with one attached hydrogen (secondary N) is 1. The van der Waals surface area contributed by atoms with Gasteiger partial charge in [-0.1, -0.05) is 6.42 Å². The van der Waals surface area contributed by atoms with Crippen molar-refractivity contribution < 1.29 is 13.2 Å². The zero-order chi connectivity index (χ0) is 16.5. The average molecular weight is 330 g/mol. The zero-order valence-electron chi connectivity index (χ0n) is 14.0. The first-order chi connectivity index (χ1) is 10.1. The molecule has 0 aromatic rings. The summed E-state index contributed by atoms with van der Waals surface area (Å²) in [7, 11) is -3.01. The molecule has 3 N–H and O–H groups in total. The van der Waals surface area contributed by atoms with Crippen molar-refractivity contribution in [2.24, 2.45) is 23.5 Å². The molecule has 22 heavy (non-hydrogen) atoms. The fourth-order valence-corrected chi connectivity index (χ4v) is 4.82. The van der Waals surface area contributed by atoms with Crippen molar-refractivity contribution in [3.63, 3.8) is 0 Å². The van der Waals surface area contributed by atoms with Crippen LogP contribution in [0, 0.1) is 17.8 Å². The van der Waals surface area contributed by atoms with Gasteiger partial charge in [-0.2, -0.15) is 0 Å². The molecule has 0 aromatic heterocycles. The second-order valence-electron chi connectivity index (χ2n) is 7.95. The largest absolute Gasteiger partial charge is 0.351 e. The van der Waals surface area contributed by atoms with E-state index in [0.29, 0.717) is 18.3 Å². The van der Waals surface area contributed by atoms with Gasteiger partial charge in [-0.3, -0.25) is 4.79 Å². The summed E-state index contributed by atoms with van der Waals surface area (Å²) in [6, 6.07) is 0.260. The fourth-order valence-electron chi connectivity index (χ4n) is 3.94. The average Bonchev–Trinajstić information content (AvgIpc) is 2.35. The van der Waals surface area contributed by atoms with Crippen molar-refractivity contribution >= 4 is 15.7 Å². The van der Waals surface area contributed by atoms with E-state index in [1.807, 2.05) is 13.8 Å². The van der Waals surface area contributed by atoms with Crippen molar-refractivity contribution in [2.75, 3.05) is 12.0 Å². The zero-order valence-corrected chi connectivity index (χ0v) is 14.8. The lowest BCUT2D eigenvalue weighted by atomic mass is 9.65. The first kappa shape index (κ1) is 17.7. The highest BCUT2D eigenvalue weighted by atomic mass is 32.2. The molecule has 2 aliphatic rings. The molecule has 2 bridgehead atoms. The molecule has 0 aliphatic heterocycles. The van der Waals surface area contributed by atoms with Gasteiger partial charge in [-0.25, -0.2) is 8.42 Å². The minimum absolute atomic E-state index is 0.0348. The van der Waals surface area contributed by atoms with Crippen LogP contribution in [0.25, 0.3) is 0 Å². The number of carbonyl (C=O) groups excluding carboxylic acids is 1. The maximum atomic E-state index is 12.6. The van der Waals surface area contributed by atoms with Crippen LogP contribution in [0.4, 0.5) is 0 Å². The number of sulfone groups is 1. The summed E-state index contributed by atoms with van der Waals surface area (Å²) < 4.78 is 22.6. The Balaban J connectivity index is 1.91. The molecule has 128 valence electrons. The minimum atomic E-state index is -3.01. The summed E-state index contributed by atoms with van der Waals surface area (Å²) in [5.74, 6) is 1.15. The Bertz CT molecular complexity index is 501. The van der Waals surface area contributed by atoms with Crippen LogP contribution in [-0.2, 0) is 14.6 Å². The molecule has 0 spiro atoms. The van der Waals surface area contributed by atoms with E-state index < -0.39 is 15.4 Å². The van der Waals surface area contributed by atoms with Gasteiger partial charge in [0.05, 0.1) is 5.75 Å². The van der Waals surface area contributed by atoms with Gasteiger partial charge < -0.3 is 11.1 Å². The summed E-state index contributed by atoms with van der Waals surface area (Å²) >= 11 is 0. The summed E-state index contributed by atoms with van der Waals surface area (Å²) in [5, 5.41) is 3.06. The van der Waals surface area contributed by atoms with Crippen molar-refractivity contribution in [3.05, 3.63) is 0 Å². The van der Waals surface area contributed by atoms with Gasteiger partial charge in [-0.05, 0) is 57.8 Å². The Kier molecular flexibility index (Phi) is 5.22. The molecule has 2 fully saturated rings. The van der Waals surface area contributed by atoms with Gasteiger partial charge in [0.2, 0.25) is 5.91 Å². The highest BCUT2D eigenvalue weighted by molar-refractivity contribution is 7.90. The summed E-state index contributed by atoms with van der Waals surface area (Å²) in [4.78, 5) is 12.6. The van der Waals surface area contributed by atoms with E-state index >= 15 is 0 Å². The molecule has 1 amide bonds. The smallest absolute Gasteiger partial charge is 0.223 e. The molecule has 2 aliphatic carbocycles. The van der Waals surface area contributed by atoms with Crippen LogP contribution in [0.2, 0.25) is 0 Å². The topological polar surface area (TPSA) is 89.3 Å². The van der Waals surface area contributed by atoms with E-state index in [9.17, 15) is 13.2 Å². The number of carbonyl (C=O) groups is 1. The van der Waals surface area contributed by atoms with E-state index in [2.05, 4.69) is 5.32 Å². The molecule has 5 nitrogen and oxygen atoms in total. The van der Waals surface area contributed by atoms with Crippen molar-refractivity contribution in [1.29, 1.82) is 0 Å². The molecule has 0 aromatic carbocycles. The maximum absolute atomic E-state index is 12.6. The standard InChI is InChI=1S/C16H30N2O3S/c1-16(2,7-8-22(3,20)21)18-15(19)13-9-11-5-4-6-12(10-13)14(11)17/h11-14H,4-10,17H2,1-3H3,(H,18,19). The second-order valence-corrected chi connectivity index (χ2v) is 10.2. The van der Waals surface area contributed by atoms with Crippen LogP contribution in [-0.4, -0.2) is 37.9 Å². The normalized spacial score (nSPS) is 32.5. The van der Waals surface area contributed by atoms with Crippen molar-refractivity contribution in [3.8, 4) is 0 Å². The minimum Gasteiger partial charge on any atom is -0.351 e. The van der Waals surface area contributed by atoms with Crippen LogP contribution in [0.15, 0.2) is 0 Å². The molecule has 2 unspecified atom stereocenters. The van der Waals surface area contributed by atoms with Gasteiger partial charge in [0.15, 0.2) is 0 Å². The molecule has 2 saturated carbocycles. The maximum Gasteiger partial charge on any atom is 0.223 e. The second kappa shape index (κ2) is 6.48. The summed E-state index contributed by atoms with van der Waals surface area (Å²) in [5.41, 5.74) is 5.78. The fraction of sp³-hybridized carbons (Fsp3) is 0.938.